The maximum atomic E-state index is 12.7. The van der Waals surface area contributed by atoms with Gasteiger partial charge in [-0.15, -0.1) is 0 Å². The predicted octanol–water partition coefficient (Wildman–Crippen LogP) is 6.14. The number of hydrogen-bond acceptors (Lipinski definition) is 5. The van der Waals surface area contributed by atoms with Gasteiger partial charge in [0, 0.05) is 17.2 Å². The van der Waals surface area contributed by atoms with E-state index in [0.29, 0.717) is 45.2 Å². The Balaban J connectivity index is 1.70. The first kappa shape index (κ1) is 24.0. The Hall–Kier alpha value is -3.66. The largest absolute Gasteiger partial charge is 0.495 e. The highest BCUT2D eigenvalue weighted by molar-refractivity contribution is 6.32. The minimum atomic E-state index is -0.594. The number of anilines is 1. The molecule has 0 atom stereocenters. The van der Waals surface area contributed by atoms with Gasteiger partial charge in [0.05, 0.1) is 24.9 Å². The van der Waals surface area contributed by atoms with Crippen LogP contribution in [0.15, 0.2) is 66.2 Å². The molecule has 3 aromatic carbocycles. The molecule has 0 spiro atoms. The van der Waals surface area contributed by atoms with E-state index in [1.54, 1.807) is 36.4 Å². The minimum Gasteiger partial charge on any atom is -0.495 e. The van der Waals surface area contributed by atoms with Crippen LogP contribution in [0.4, 0.5) is 5.69 Å². The SMILES string of the molecule is COc1cc(NC(=O)/C(C#N)=C/c2ccc(OCc3ccc(Cl)cc3)cc2)c(OC)cc1Cl. The number of ether oxygens (including phenoxy) is 3. The molecule has 0 saturated carbocycles. The molecule has 0 radical (unpaired) electrons. The Morgan fingerprint density at radius 1 is 1.00 bits per heavy atom. The first-order valence-electron chi connectivity index (χ1n) is 9.75. The van der Waals surface area contributed by atoms with Crippen molar-refractivity contribution in [1.82, 2.24) is 0 Å². The van der Waals surface area contributed by atoms with Crippen molar-refractivity contribution in [2.45, 2.75) is 6.61 Å². The molecular formula is C25H20Cl2N2O4. The first-order valence-corrected chi connectivity index (χ1v) is 10.5. The molecule has 1 amide bonds. The Morgan fingerprint density at radius 3 is 2.27 bits per heavy atom. The van der Waals surface area contributed by atoms with Gasteiger partial charge in [-0.3, -0.25) is 4.79 Å². The molecular weight excluding hydrogens is 463 g/mol. The zero-order valence-corrected chi connectivity index (χ0v) is 19.4. The molecule has 0 aliphatic heterocycles. The van der Waals surface area contributed by atoms with Crippen LogP contribution >= 0.6 is 23.2 Å². The molecule has 0 heterocycles. The second-order valence-electron chi connectivity index (χ2n) is 6.80. The van der Waals surface area contributed by atoms with Crippen LogP contribution in [-0.4, -0.2) is 20.1 Å². The smallest absolute Gasteiger partial charge is 0.266 e. The van der Waals surface area contributed by atoms with Crippen LogP contribution in [0.3, 0.4) is 0 Å². The van der Waals surface area contributed by atoms with Gasteiger partial charge >= 0.3 is 0 Å². The minimum absolute atomic E-state index is 0.0826. The van der Waals surface area contributed by atoms with E-state index in [9.17, 15) is 10.1 Å². The average Bonchev–Trinajstić information content (AvgIpc) is 2.83. The van der Waals surface area contributed by atoms with E-state index in [0.717, 1.165) is 5.56 Å². The Morgan fingerprint density at radius 2 is 1.67 bits per heavy atom. The van der Waals surface area contributed by atoms with E-state index < -0.39 is 5.91 Å². The van der Waals surface area contributed by atoms with Crippen molar-refractivity contribution >= 4 is 40.9 Å². The Kier molecular flexibility index (Phi) is 8.20. The van der Waals surface area contributed by atoms with Crippen molar-refractivity contribution in [3.8, 4) is 23.3 Å². The highest BCUT2D eigenvalue weighted by atomic mass is 35.5. The summed E-state index contributed by atoms with van der Waals surface area (Å²) in [6, 6.07) is 19.4. The maximum absolute atomic E-state index is 12.7. The molecule has 0 aliphatic rings. The van der Waals surface area contributed by atoms with Gasteiger partial charge < -0.3 is 19.5 Å². The number of hydrogen-bond donors (Lipinski definition) is 1. The van der Waals surface area contributed by atoms with Gasteiger partial charge in [-0.05, 0) is 41.5 Å². The van der Waals surface area contributed by atoms with Gasteiger partial charge in [-0.25, -0.2) is 0 Å². The monoisotopic (exact) mass is 482 g/mol. The van der Waals surface area contributed by atoms with Crippen LogP contribution in [-0.2, 0) is 11.4 Å². The fourth-order valence-electron chi connectivity index (χ4n) is 2.87. The Bertz CT molecular complexity index is 1200. The molecule has 0 unspecified atom stereocenters. The van der Waals surface area contributed by atoms with Gasteiger partial charge in [-0.1, -0.05) is 47.5 Å². The maximum Gasteiger partial charge on any atom is 0.266 e. The second-order valence-corrected chi connectivity index (χ2v) is 7.64. The van der Waals surface area contributed by atoms with Crippen LogP contribution in [0.2, 0.25) is 10.0 Å². The van der Waals surface area contributed by atoms with Crippen LogP contribution in [0.1, 0.15) is 11.1 Å². The number of carbonyl (C=O) groups is 1. The molecule has 0 aliphatic carbocycles. The van der Waals surface area contributed by atoms with Crippen LogP contribution in [0.25, 0.3) is 6.08 Å². The van der Waals surface area contributed by atoms with E-state index in [1.165, 1.54) is 32.4 Å². The lowest BCUT2D eigenvalue weighted by Gasteiger charge is -2.13. The number of carbonyl (C=O) groups excluding carboxylic acids is 1. The summed E-state index contributed by atoms with van der Waals surface area (Å²) in [4.78, 5) is 12.7. The number of nitrogens with one attached hydrogen (secondary N) is 1. The molecule has 3 aromatic rings. The summed E-state index contributed by atoms with van der Waals surface area (Å²) in [5, 5.41) is 13.2. The third-order valence-corrected chi connectivity index (χ3v) is 5.14. The number of rotatable bonds is 8. The zero-order chi connectivity index (χ0) is 23.8. The number of nitriles is 1. The number of benzene rings is 3. The predicted molar refractivity (Wildman–Crippen MR) is 129 cm³/mol. The fraction of sp³-hybridized carbons (Fsp3) is 0.120. The summed E-state index contributed by atoms with van der Waals surface area (Å²) in [6.45, 7) is 0.393. The highest BCUT2D eigenvalue weighted by Crippen LogP contribution is 2.36. The molecule has 0 aromatic heterocycles. The summed E-state index contributed by atoms with van der Waals surface area (Å²) in [6.07, 6.45) is 1.48. The first-order chi connectivity index (χ1) is 15.9. The van der Waals surface area contributed by atoms with Crippen molar-refractivity contribution in [2.75, 3.05) is 19.5 Å². The van der Waals surface area contributed by atoms with Gasteiger partial charge in [0.25, 0.3) is 5.91 Å². The lowest BCUT2D eigenvalue weighted by molar-refractivity contribution is -0.112. The molecule has 168 valence electrons. The normalized spacial score (nSPS) is 10.8. The van der Waals surface area contributed by atoms with Gasteiger partial charge in [0.2, 0.25) is 0 Å². The Labute approximate surface area is 201 Å². The summed E-state index contributed by atoms with van der Waals surface area (Å²) >= 11 is 12.0. The number of nitrogens with zero attached hydrogens (tertiary/aromatic N) is 1. The van der Waals surface area contributed by atoms with E-state index in [1.807, 2.05) is 18.2 Å². The number of halogens is 2. The third-order valence-electron chi connectivity index (χ3n) is 4.60. The van der Waals surface area contributed by atoms with Crippen molar-refractivity contribution in [2.24, 2.45) is 0 Å². The summed E-state index contributed by atoms with van der Waals surface area (Å²) in [5.41, 5.74) is 1.90. The quantitative estimate of drug-likeness (QED) is 0.308. The van der Waals surface area contributed by atoms with Crippen LogP contribution in [0.5, 0.6) is 17.2 Å². The lowest BCUT2D eigenvalue weighted by atomic mass is 10.1. The van der Waals surface area contributed by atoms with Gasteiger partial charge in [0.1, 0.15) is 35.5 Å². The van der Waals surface area contributed by atoms with Gasteiger partial charge in [-0.2, -0.15) is 5.26 Å². The highest BCUT2D eigenvalue weighted by Gasteiger charge is 2.15. The van der Waals surface area contributed by atoms with Crippen molar-refractivity contribution < 1.29 is 19.0 Å². The molecule has 0 fully saturated rings. The molecule has 33 heavy (non-hydrogen) atoms. The summed E-state index contributed by atoms with van der Waals surface area (Å²) in [5.74, 6) is 0.768. The van der Waals surface area contributed by atoms with Crippen LogP contribution in [0, 0.1) is 11.3 Å². The average molecular weight is 483 g/mol. The van der Waals surface area contributed by atoms with Crippen molar-refractivity contribution in [3.05, 3.63) is 87.4 Å². The fourth-order valence-corrected chi connectivity index (χ4v) is 3.23. The molecule has 8 heteroatoms. The molecule has 0 bridgehead atoms. The number of methoxy groups -OCH3 is 2. The summed E-state index contributed by atoms with van der Waals surface area (Å²) in [7, 11) is 2.91. The summed E-state index contributed by atoms with van der Waals surface area (Å²) < 4.78 is 16.2. The zero-order valence-electron chi connectivity index (χ0n) is 17.9. The van der Waals surface area contributed by atoms with E-state index in [4.69, 9.17) is 37.4 Å². The molecule has 6 nitrogen and oxygen atoms in total. The number of amides is 1. The second kappa shape index (κ2) is 11.3. The van der Waals surface area contributed by atoms with Crippen molar-refractivity contribution in [1.29, 1.82) is 5.26 Å². The molecule has 0 saturated heterocycles. The van der Waals surface area contributed by atoms with Crippen LogP contribution < -0.4 is 19.5 Å². The molecule has 3 rings (SSSR count). The topological polar surface area (TPSA) is 80.6 Å². The lowest BCUT2D eigenvalue weighted by Crippen LogP contribution is -2.14. The van der Waals surface area contributed by atoms with E-state index in [2.05, 4.69) is 5.32 Å². The standard InChI is InChI=1S/C25H20Cl2N2O4/c1-31-23-13-22(24(32-2)12-21(23)27)29-25(30)18(14-28)11-16-5-9-20(10-6-16)33-15-17-3-7-19(26)8-4-17/h3-13H,15H2,1-2H3,(H,29,30)/b18-11+. The van der Waals surface area contributed by atoms with Gasteiger partial charge in [0.15, 0.2) is 0 Å². The molecule has 1 N–H and O–H groups in total. The van der Waals surface area contributed by atoms with E-state index in [-0.39, 0.29) is 5.57 Å². The van der Waals surface area contributed by atoms with Crippen molar-refractivity contribution in [3.63, 3.8) is 0 Å². The third kappa shape index (κ3) is 6.42. The van der Waals surface area contributed by atoms with E-state index >= 15 is 0 Å².